The van der Waals surface area contributed by atoms with Gasteiger partial charge >= 0.3 is 0 Å². The average Bonchev–Trinajstić information content (AvgIpc) is 2.18. The monoisotopic (exact) mass is 121 g/mol. The van der Waals surface area contributed by atoms with Crippen molar-refractivity contribution in [2.24, 2.45) is 0 Å². The Kier molecular flexibility index (Phi) is 1.93. The third-order valence-corrected chi connectivity index (χ3v) is 1.38. The van der Waals surface area contributed by atoms with Gasteiger partial charge in [0, 0.05) is 13.0 Å². The second kappa shape index (κ2) is 2.71. The molecule has 0 spiro atoms. The van der Waals surface area contributed by atoms with Crippen LogP contribution in [0.1, 0.15) is 12.8 Å². The lowest BCUT2D eigenvalue weighted by Crippen LogP contribution is -2.17. The lowest BCUT2D eigenvalue weighted by atomic mass is 10.2. The Morgan fingerprint density at radius 3 is 2.89 bits per heavy atom. The fourth-order valence-corrected chi connectivity index (χ4v) is 0.930. The Bertz CT molecular complexity index is 144. The topological polar surface area (TPSA) is 20.3 Å². The van der Waals surface area contributed by atoms with Gasteiger partial charge in [0.05, 0.1) is 0 Å². The fourth-order valence-electron chi connectivity index (χ4n) is 0.930. The smallest absolute Gasteiger partial charge is 0.226 e. The van der Waals surface area contributed by atoms with Crippen molar-refractivity contribution in [1.29, 1.82) is 0 Å². The molecule has 2 radical (unpaired) electrons. The van der Waals surface area contributed by atoms with Gasteiger partial charge < -0.3 is 4.90 Å². The van der Waals surface area contributed by atoms with Crippen LogP contribution in [0.5, 0.6) is 0 Å². The van der Waals surface area contributed by atoms with E-state index in [0.29, 0.717) is 6.42 Å². The summed E-state index contributed by atoms with van der Waals surface area (Å²) in [6.45, 7) is 0.826. The van der Waals surface area contributed by atoms with E-state index in [0.717, 1.165) is 13.0 Å². The molecule has 1 aliphatic heterocycles. The number of carbonyl (C=O) groups excluding carboxylic acids is 1. The molecule has 3 heteroatoms. The second-order valence-electron chi connectivity index (χ2n) is 2.03. The molecule has 0 aliphatic carbocycles. The molecular weight excluding hydrogens is 113 g/mol. The van der Waals surface area contributed by atoms with Gasteiger partial charge in [-0.1, -0.05) is 0 Å². The highest BCUT2D eigenvalue weighted by Crippen LogP contribution is 2.08. The SMILES string of the molecule is [B]C=CN1CCCC1=O. The maximum atomic E-state index is 10.8. The minimum Gasteiger partial charge on any atom is -0.320 e. The number of nitrogens with zero attached hydrogens (tertiary/aromatic N) is 1. The standard InChI is InChI=1S/C6H8BNO/c7-3-5-8-4-1-2-6(8)9/h3,5H,1-2,4H2. The molecule has 1 rings (SSSR count). The molecule has 0 unspecified atom stereocenters. The van der Waals surface area contributed by atoms with Crippen LogP contribution in [-0.4, -0.2) is 25.2 Å². The van der Waals surface area contributed by atoms with Crippen molar-refractivity contribution < 1.29 is 4.79 Å². The molecule has 0 aromatic heterocycles. The lowest BCUT2D eigenvalue weighted by Gasteiger charge is -2.06. The van der Waals surface area contributed by atoms with Crippen LogP contribution in [0.25, 0.3) is 0 Å². The Morgan fingerprint density at radius 1 is 1.67 bits per heavy atom. The molecule has 0 atom stereocenters. The van der Waals surface area contributed by atoms with E-state index < -0.39 is 0 Å². The van der Waals surface area contributed by atoms with Crippen LogP contribution in [-0.2, 0) is 4.79 Å². The Hall–Kier alpha value is -0.725. The summed E-state index contributed by atoms with van der Waals surface area (Å²) >= 11 is 0. The first kappa shape index (κ1) is 6.40. The molecule has 0 saturated carbocycles. The highest BCUT2D eigenvalue weighted by atomic mass is 16.2. The lowest BCUT2D eigenvalue weighted by molar-refractivity contribution is -0.125. The summed E-state index contributed by atoms with van der Waals surface area (Å²) in [7, 11) is 5.10. The first-order chi connectivity index (χ1) is 4.34. The van der Waals surface area contributed by atoms with E-state index in [2.05, 4.69) is 0 Å². The molecule has 0 bridgehead atoms. The number of carbonyl (C=O) groups is 1. The summed E-state index contributed by atoms with van der Waals surface area (Å²) in [4.78, 5) is 12.4. The largest absolute Gasteiger partial charge is 0.320 e. The highest BCUT2D eigenvalue weighted by molar-refractivity contribution is 6.17. The van der Waals surface area contributed by atoms with Crippen molar-refractivity contribution >= 4 is 13.8 Å². The van der Waals surface area contributed by atoms with Crippen molar-refractivity contribution in [2.45, 2.75) is 12.8 Å². The van der Waals surface area contributed by atoms with E-state index in [1.54, 1.807) is 11.1 Å². The van der Waals surface area contributed by atoms with E-state index >= 15 is 0 Å². The summed E-state index contributed by atoms with van der Waals surface area (Å²) < 4.78 is 0. The van der Waals surface area contributed by atoms with Gasteiger partial charge in [-0.2, -0.15) is 0 Å². The van der Waals surface area contributed by atoms with E-state index in [-0.39, 0.29) is 5.91 Å². The molecule has 0 N–H and O–H groups in total. The zero-order valence-corrected chi connectivity index (χ0v) is 5.21. The predicted molar refractivity (Wildman–Crippen MR) is 35.8 cm³/mol. The summed E-state index contributed by atoms with van der Waals surface area (Å²) in [6.07, 6.45) is 3.25. The van der Waals surface area contributed by atoms with Crippen molar-refractivity contribution in [3.8, 4) is 0 Å². The van der Waals surface area contributed by atoms with Crippen LogP contribution in [0.4, 0.5) is 0 Å². The van der Waals surface area contributed by atoms with Crippen molar-refractivity contribution in [1.82, 2.24) is 4.90 Å². The highest BCUT2D eigenvalue weighted by Gasteiger charge is 2.16. The number of hydrogen-bond donors (Lipinski definition) is 0. The zero-order chi connectivity index (χ0) is 6.69. The van der Waals surface area contributed by atoms with Crippen LogP contribution in [0, 0.1) is 0 Å². The fraction of sp³-hybridized carbons (Fsp3) is 0.500. The van der Waals surface area contributed by atoms with Gasteiger partial charge in [-0.15, -0.1) is 5.98 Å². The normalized spacial score (nSPS) is 20.0. The van der Waals surface area contributed by atoms with Crippen molar-refractivity contribution in [3.63, 3.8) is 0 Å². The van der Waals surface area contributed by atoms with E-state index in [9.17, 15) is 4.79 Å². The Balaban J connectivity index is 2.49. The Labute approximate surface area is 55.9 Å². The Morgan fingerprint density at radius 2 is 2.44 bits per heavy atom. The number of likely N-dealkylation sites (tertiary alicyclic amines) is 1. The molecule has 1 amide bonds. The van der Waals surface area contributed by atoms with Gasteiger partial charge in [-0.25, -0.2) is 0 Å². The van der Waals surface area contributed by atoms with Crippen LogP contribution in [0.15, 0.2) is 12.2 Å². The zero-order valence-electron chi connectivity index (χ0n) is 5.21. The predicted octanol–water partition coefficient (Wildman–Crippen LogP) is 0.248. The quantitative estimate of drug-likeness (QED) is 0.455. The maximum Gasteiger partial charge on any atom is 0.226 e. The van der Waals surface area contributed by atoms with Crippen LogP contribution >= 0.6 is 0 Å². The molecule has 1 aliphatic rings. The minimum atomic E-state index is 0.178. The third-order valence-electron chi connectivity index (χ3n) is 1.38. The van der Waals surface area contributed by atoms with E-state index in [4.69, 9.17) is 7.85 Å². The first-order valence-electron chi connectivity index (χ1n) is 3.02. The van der Waals surface area contributed by atoms with Gasteiger partial charge in [0.1, 0.15) is 7.85 Å². The molecule has 9 heavy (non-hydrogen) atoms. The number of amides is 1. The summed E-state index contributed by atoms with van der Waals surface area (Å²) in [5.74, 6) is 1.57. The van der Waals surface area contributed by atoms with Crippen LogP contribution in [0.2, 0.25) is 0 Å². The molecule has 1 heterocycles. The van der Waals surface area contributed by atoms with Crippen molar-refractivity contribution in [3.05, 3.63) is 12.2 Å². The van der Waals surface area contributed by atoms with Crippen molar-refractivity contribution in [2.75, 3.05) is 6.54 Å². The molecule has 0 aromatic carbocycles. The van der Waals surface area contributed by atoms with Gasteiger partial charge in [0.2, 0.25) is 5.91 Å². The molecule has 1 saturated heterocycles. The molecule has 0 aromatic rings. The third kappa shape index (κ3) is 1.34. The molecule has 46 valence electrons. The van der Waals surface area contributed by atoms with Gasteiger partial charge in [0.25, 0.3) is 0 Å². The first-order valence-corrected chi connectivity index (χ1v) is 3.02. The van der Waals surface area contributed by atoms with Gasteiger partial charge in [-0.05, 0) is 12.6 Å². The van der Waals surface area contributed by atoms with E-state index in [1.807, 2.05) is 0 Å². The summed E-state index contributed by atoms with van der Waals surface area (Å²) in [5, 5.41) is 0. The molecular formula is C6H8BNO. The minimum absolute atomic E-state index is 0.178. The van der Waals surface area contributed by atoms with Crippen LogP contribution < -0.4 is 0 Å². The van der Waals surface area contributed by atoms with Gasteiger partial charge in [-0.3, -0.25) is 4.79 Å². The molecule has 2 nitrogen and oxygen atoms in total. The number of hydrogen-bond acceptors (Lipinski definition) is 1. The summed E-state index contributed by atoms with van der Waals surface area (Å²) in [5.41, 5.74) is 0. The maximum absolute atomic E-state index is 10.8. The summed E-state index contributed by atoms with van der Waals surface area (Å²) in [6, 6.07) is 0. The van der Waals surface area contributed by atoms with Gasteiger partial charge in [0.15, 0.2) is 0 Å². The average molecular weight is 121 g/mol. The second-order valence-corrected chi connectivity index (χ2v) is 2.03. The van der Waals surface area contributed by atoms with E-state index in [1.165, 1.54) is 5.98 Å². The van der Waals surface area contributed by atoms with Crippen LogP contribution in [0.3, 0.4) is 0 Å². The number of rotatable bonds is 1. The molecule has 1 fully saturated rings.